The minimum Gasteiger partial charge on any atom is -0.380 e. The number of benzene rings is 1. The first kappa shape index (κ1) is 13.9. The number of hydrogen-bond donors (Lipinski definition) is 0. The summed E-state index contributed by atoms with van der Waals surface area (Å²) in [6, 6.07) is 7.82. The summed E-state index contributed by atoms with van der Waals surface area (Å²) in [5.74, 6) is 1.42. The number of rotatable bonds is 6. The summed E-state index contributed by atoms with van der Waals surface area (Å²) in [4.78, 5) is 4.55. The Kier molecular flexibility index (Phi) is 4.78. The quantitative estimate of drug-likeness (QED) is 0.603. The SMILES string of the molecule is CCOCCn1c(CCCl)nc2c(C#N)cccc21. The smallest absolute Gasteiger partial charge is 0.111 e. The van der Waals surface area contributed by atoms with Crippen molar-refractivity contribution in [2.45, 2.75) is 19.9 Å². The van der Waals surface area contributed by atoms with E-state index in [1.165, 1.54) is 0 Å². The van der Waals surface area contributed by atoms with Crippen molar-refractivity contribution in [2.75, 3.05) is 19.1 Å². The topological polar surface area (TPSA) is 50.8 Å². The van der Waals surface area contributed by atoms with Gasteiger partial charge in [-0.3, -0.25) is 0 Å². The van der Waals surface area contributed by atoms with E-state index in [9.17, 15) is 0 Å². The maximum absolute atomic E-state index is 9.13. The van der Waals surface area contributed by atoms with Crippen molar-refractivity contribution in [1.82, 2.24) is 9.55 Å². The zero-order valence-corrected chi connectivity index (χ0v) is 11.7. The van der Waals surface area contributed by atoms with E-state index in [4.69, 9.17) is 21.6 Å². The number of imidazole rings is 1. The monoisotopic (exact) mass is 277 g/mol. The van der Waals surface area contributed by atoms with Crippen molar-refractivity contribution in [2.24, 2.45) is 0 Å². The van der Waals surface area contributed by atoms with Crippen LogP contribution >= 0.6 is 11.6 Å². The van der Waals surface area contributed by atoms with E-state index in [-0.39, 0.29) is 0 Å². The first-order valence-corrected chi connectivity index (χ1v) is 6.87. The van der Waals surface area contributed by atoms with Gasteiger partial charge in [0, 0.05) is 25.5 Å². The molecule has 0 radical (unpaired) electrons. The van der Waals surface area contributed by atoms with E-state index in [1.807, 2.05) is 19.1 Å². The maximum Gasteiger partial charge on any atom is 0.111 e. The summed E-state index contributed by atoms with van der Waals surface area (Å²) in [5, 5.41) is 9.13. The van der Waals surface area contributed by atoms with Crippen molar-refractivity contribution in [3.63, 3.8) is 0 Å². The van der Waals surface area contributed by atoms with Crippen LogP contribution in [-0.4, -0.2) is 28.6 Å². The second-order valence-corrected chi connectivity index (χ2v) is 4.48. The number of ether oxygens (including phenoxy) is 1. The second kappa shape index (κ2) is 6.55. The van der Waals surface area contributed by atoms with Crippen molar-refractivity contribution >= 4 is 22.6 Å². The summed E-state index contributed by atoms with van der Waals surface area (Å²) in [6.07, 6.45) is 0.688. The molecule has 1 aromatic carbocycles. The molecule has 0 bridgehead atoms. The Bertz CT molecular complexity index is 600. The second-order valence-electron chi connectivity index (χ2n) is 4.10. The molecule has 19 heavy (non-hydrogen) atoms. The third kappa shape index (κ3) is 2.89. The maximum atomic E-state index is 9.13. The molecular weight excluding hydrogens is 262 g/mol. The number of aromatic nitrogens is 2. The lowest BCUT2D eigenvalue weighted by Crippen LogP contribution is -2.09. The fraction of sp³-hybridized carbons (Fsp3) is 0.429. The van der Waals surface area contributed by atoms with E-state index >= 15 is 0 Å². The van der Waals surface area contributed by atoms with Crippen molar-refractivity contribution in [3.8, 4) is 6.07 Å². The molecule has 1 aromatic heterocycles. The summed E-state index contributed by atoms with van der Waals surface area (Å²) < 4.78 is 7.49. The van der Waals surface area contributed by atoms with Gasteiger partial charge in [0.25, 0.3) is 0 Å². The molecule has 0 aliphatic carbocycles. The van der Waals surface area contributed by atoms with Crippen molar-refractivity contribution in [3.05, 3.63) is 29.6 Å². The number of para-hydroxylation sites is 1. The Morgan fingerprint density at radius 1 is 1.47 bits per heavy atom. The van der Waals surface area contributed by atoms with Gasteiger partial charge < -0.3 is 9.30 Å². The molecule has 2 rings (SSSR count). The summed E-state index contributed by atoms with van der Waals surface area (Å²) in [7, 11) is 0. The molecule has 0 N–H and O–H groups in total. The van der Waals surface area contributed by atoms with Gasteiger partial charge in [0.2, 0.25) is 0 Å². The number of fused-ring (bicyclic) bond motifs is 1. The Hall–Kier alpha value is -1.57. The van der Waals surface area contributed by atoms with Crippen molar-refractivity contribution < 1.29 is 4.74 Å². The van der Waals surface area contributed by atoms with Gasteiger partial charge >= 0.3 is 0 Å². The van der Waals surface area contributed by atoms with Gasteiger partial charge in [0.1, 0.15) is 17.4 Å². The lowest BCUT2D eigenvalue weighted by molar-refractivity contribution is 0.139. The Labute approximate surface area is 117 Å². The van der Waals surface area contributed by atoms with Crippen LogP contribution < -0.4 is 0 Å². The average molecular weight is 278 g/mol. The van der Waals surface area contributed by atoms with E-state index in [0.717, 1.165) is 23.4 Å². The number of nitriles is 1. The molecule has 100 valence electrons. The lowest BCUT2D eigenvalue weighted by atomic mass is 10.2. The van der Waals surface area contributed by atoms with Crippen LogP contribution in [0.4, 0.5) is 0 Å². The van der Waals surface area contributed by atoms with Crippen LogP contribution in [0.2, 0.25) is 0 Å². The molecule has 2 aromatic rings. The van der Waals surface area contributed by atoms with Gasteiger partial charge in [-0.1, -0.05) is 6.07 Å². The molecule has 1 heterocycles. The normalized spacial score (nSPS) is 10.8. The molecule has 0 aliphatic rings. The van der Waals surface area contributed by atoms with Crippen LogP contribution in [0.1, 0.15) is 18.3 Å². The molecule has 5 heteroatoms. The highest BCUT2D eigenvalue weighted by Crippen LogP contribution is 2.20. The van der Waals surface area contributed by atoms with Gasteiger partial charge in [-0.2, -0.15) is 5.26 Å². The van der Waals surface area contributed by atoms with Gasteiger partial charge in [-0.25, -0.2) is 4.98 Å². The molecule has 4 nitrogen and oxygen atoms in total. The van der Waals surface area contributed by atoms with Crippen LogP contribution in [0.3, 0.4) is 0 Å². The molecular formula is C14H16ClN3O. The zero-order valence-electron chi connectivity index (χ0n) is 10.9. The Morgan fingerprint density at radius 2 is 2.32 bits per heavy atom. The largest absolute Gasteiger partial charge is 0.380 e. The predicted octanol–water partition coefficient (Wildman–Crippen LogP) is 2.73. The first-order chi connectivity index (χ1) is 9.31. The summed E-state index contributed by atoms with van der Waals surface area (Å²) in [5.41, 5.74) is 2.32. The molecule has 0 saturated heterocycles. The Morgan fingerprint density at radius 3 is 3.00 bits per heavy atom. The van der Waals surface area contributed by atoms with Crippen LogP contribution in [0.25, 0.3) is 11.0 Å². The average Bonchev–Trinajstić information content (AvgIpc) is 2.77. The minimum absolute atomic E-state index is 0.514. The van der Waals surface area contributed by atoms with Crippen LogP contribution in [-0.2, 0) is 17.7 Å². The number of hydrogen-bond acceptors (Lipinski definition) is 3. The first-order valence-electron chi connectivity index (χ1n) is 6.33. The molecule has 0 aliphatic heterocycles. The van der Waals surface area contributed by atoms with Crippen LogP contribution in [0.15, 0.2) is 18.2 Å². The molecule has 0 fully saturated rings. The molecule has 0 atom stereocenters. The lowest BCUT2D eigenvalue weighted by Gasteiger charge is -2.08. The standard InChI is InChI=1S/C14H16ClN3O/c1-2-19-9-8-18-12-5-3-4-11(10-16)14(12)17-13(18)6-7-15/h3-5H,2,6-9H2,1H3. The highest BCUT2D eigenvalue weighted by molar-refractivity contribution is 6.17. The molecule has 0 amide bonds. The number of aryl methyl sites for hydroxylation is 1. The van der Waals surface area contributed by atoms with Gasteiger partial charge in [-0.05, 0) is 19.1 Å². The predicted molar refractivity (Wildman–Crippen MR) is 75.4 cm³/mol. The zero-order chi connectivity index (χ0) is 13.7. The van der Waals surface area contributed by atoms with E-state index in [2.05, 4.69) is 15.6 Å². The third-order valence-electron chi connectivity index (χ3n) is 2.96. The Balaban J connectivity index is 2.45. The fourth-order valence-corrected chi connectivity index (χ4v) is 2.28. The molecule has 0 spiro atoms. The van der Waals surface area contributed by atoms with Gasteiger partial charge in [-0.15, -0.1) is 11.6 Å². The number of alkyl halides is 1. The highest BCUT2D eigenvalue weighted by Gasteiger charge is 2.12. The van der Waals surface area contributed by atoms with Crippen LogP contribution in [0.5, 0.6) is 0 Å². The summed E-state index contributed by atoms with van der Waals surface area (Å²) in [6.45, 7) is 4.03. The van der Waals surface area contributed by atoms with E-state index < -0.39 is 0 Å². The van der Waals surface area contributed by atoms with Crippen molar-refractivity contribution in [1.29, 1.82) is 5.26 Å². The fourth-order valence-electron chi connectivity index (χ4n) is 2.11. The van der Waals surface area contributed by atoms with Crippen LogP contribution in [0, 0.1) is 11.3 Å². The van der Waals surface area contributed by atoms with Gasteiger partial charge in [0.05, 0.1) is 17.7 Å². The number of halogens is 1. The van der Waals surface area contributed by atoms with Gasteiger partial charge in [0.15, 0.2) is 0 Å². The minimum atomic E-state index is 0.514. The van der Waals surface area contributed by atoms with E-state index in [1.54, 1.807) is 6.07 Å². The highest BCUT2D eigenvalue weighted by atomic mass is 35.5. The summed E-state index contributed by atoms with van der Waals surface area (Å²) >= 11 is 5.82. The third-order valence-corrected chi connectivity index (χ3v) is 3.15. The molecule has 0 saturated carbocycles. The number of nitrogens with zero attached hydrogens (tertiary/aromatic N) is 3. The molecule has 0 unspecified atom stereocenters. The van der Waals surface area contributed by atoms with E-state index in [0.29, 0.717) is 31.1 Å².